The number of fused-ring (bicyclic) bond motifs is 1. The van der Waals surface area contributed by atoms with Crippen LogP contribution in [0, 0.1) is 0 Å². The van der Waals surface area contributed by atoms with Gasteiger partial charge in [0.05, 0.1) is 21.3 Å². The van der Waals surface area contributed by atoms with E-state index in [1.807, 2.05) is 0 Å². The van der Waals surface area contributed by atoms with E-state index in [4.69, 9.17) is 32.7 Å². The zero-order valence-electron chi connectivity index (χ0n) is 10.5. The molecule has 108 valence electrons. The number of carbonyl (C=O) groups is 1. The molecule has 0 saturated heterocycles. The average molecular weight is 389 g/mol. The van der Waals surface area contributed by atoms with E-state index < -0.39 is 0 Å². The first kappa shape index (κ1) is 14.5. The quantitative estimate of drug-likeness (QED) is 0.808. The van der Waals surface area contributed by atoms with Crippen molar-refractivity contribution < 1.29 is 14.3 Å². The summed E-state index contributed by atoms with van der Waals surface area (Å²) in [4.78, 5) is 12.3. The van der Waals surface area contributed by atoms with Crippen molar-refractivity contribution in [3.05, 3.63) is 50.4 Å². The Hall–Kier alpha value is -1.43. The zero-order valence-corrected chi connectivity index (χ0v) is 13.6. The van der Waals surface area contributed by atoms with E-state index in [0.29, 0.717) is 37.3 Å². The number of rotatable bonds is 2. The van der Waals surface area contributed by atoms with Crippen molar-refractivity contribution in [2.75, 3.05) is 12.1 Å². The van der Waals surface area contributed by atoms with Gasteiger partial charge in [-0.25, -0.2) is 0 Å². The third-order valence-corrected chi connectivity index (χ3v) is 4.52. The fourth-order valence-electron chi connectivity index (χ4n) is 1.88. The molecular weight excluding hydrogens is 381 g/mol. The smallest absolute Gasteiger partial charge is 0.257 e. The summed E-state index contributed by atoms with van der Waals surface area (Å²) in [5.74, 6) is 0.732. The molecule has 4 nitrogen and oxygen atoms in total. The Balaban J connectivity index is 1.90. The summed E-state index contributed by atoms with van der Waals surface area (Å²) in [7, 11) is 0. The van der Waals surface area contributed by atoms with E-state index in [1.165, 1.54) is 0 Å². The molecule has 1 N–H and O–H groups in total. The van der Waals surface area contributed by atoms with Crippen molar-refractivity contribution in [3.63, 3.8) is 0 Å². The summed E-state index contributed by atoms with van der Waals surface area (Å²) < 4.78 is 11.1. The Morgan fingerprint density at radius 1 is 1.19 bits per heavy atom. The molecule has 2 aromatic rings. The van der Waals surface area contributed by atoms with E-state index in [9.17, 15) is 4.79 Å². The van der Waals surface area contributed by atoms with Gasteiger partial charge in [0.1, 0.15) is 0 Å². The van der Waals surface area contributed by atoms with Crippen LogP contribution in [0.5, 0.6) is 11.5 Å². The summed E-state index contributed by atoms with van der Waals surface area (Å²) in [6.07, 6.45) is 0. The summed E-state index contributed by atoms with van der Waals surface area (Å²) in [5.41, 5.74) is 0.779. The predicted molar refractivity (Wildman–Crippen MR) is 84.7 cm³/mol. The van der Waals surface area contributed by atoms with Crippen LogP contribution in [0.25, 0.3) is 0 Å². The van der Waals surface area contributed by atoms with Gasteiger partial charge in [0.15, 0.2) is 11.5 Å². The second kappa shape index (κ2) is 5.75. The molecule has 0 spiro atoms. The number of amides is 1. The van der Waals surface area contributed by atoms with Crippen LogP contribution in [0.2, 0.25) is 10.0 Å². The molecule has 0 atom stereocenters. The van der Waals surface area contributed by atoms with Gasteiger partial charge in [-0.2, -0.15) is 0 Å². The molecule has 21 heavy (non-hydrogen) atoms. The van der Waals surface area contributed by atoms with Crippen molar-refractivity contribution in [3.8, 4) is 11.5 Å². The number of nitrogens with one attached hydrogen (secondary N) is 1. The Labute approximate surface area is 139 Å². The summed E-state index contributed by atoms with van der Waals surface area (Å²) in [6, 6.07) is 8.33. The average Bonchev–Trinajstić information content (AvgIpc) is 2.89. The largest absolute Gasteiger partial charge is 0.454 e. The number of ether oxygens (including phenoxy) is 2. The number of halogens is 3. The van der Waals surface area contributed by atoms with E-state index in [1.54, 1.807) is 30.3 Å². The molecule has 0 aliphatic carbocycles. The molecule has 0 bridgehead atoms. The van der Waals surface area contributed by atoms with Crippen LogP contribution in [0.3, 0.4) is 0 Å². The van der Waals surface area contributed by atoms with Crippen LogP contribution < -0.4 is 14.8 Å². The Morgan fingerprint density at radius 3 is 2.67 bits per heavy atom. The Morgan fingerprint density at radius 2 is 1.90 bits per heavy atom. The number of carbonyl (C=O) groups excluding carboxylic acids is 1. The molecule has 0 saturated carbocycles. The summed E-state index contributed by atoms with van der Waals surface area (Å²) in [6.45, 7) is 0.139. The normalized spacial score (nSPS) is 12.3. The Bertz CT molecular complexity index is 736. The third kappa shape index (κ3) is 2.81. The van der Waals surface area contributed by atoms with E-state index >= 15 is 0 Å². The van der Waals surface area contributed by atoms with Crippen molar-refractivity contribution in [1.82, 2.24) is 0 Å². The topological polar surface area (TPSA) is 47.6 Å². The van der Waals surface area contributed by atoms with Gasteiger partial charge in [0, 0.05) is 16.6 Å². The first-order valence-corrected chi connectivity index (χ1v) is 7.45. The molecule has 2 aromatic carbocycles. The first-order chi connectivity index (χ1) is 10.1. The summed E-state index contributed by atoms with van der Waals surface area (Å²) >= 11 is 15.5. The van der Waals surface area contributed by atoms with Crippen molar-refractivity contribution in [2.24, 2.45) is 0 Å². The summed E-state index contributed by atoms with van der Waals surface area (Å²) in [5, 5.41) is 3.41. The van der Waals surface area contributed by atoms with Gasteiger partial charge in [-0.3, -0.25) is 4.79 Å². The lowest BCUT2D eigenvalue weighted by Gasteiger charge is -2.10. The highest BCUT2D eigenvalue weighted by molar-refractivity contribution is 9.10. The molecule has 1 aliphatic rings. The van der Waals surface area contributed by atoms with E-state index in [-0.39, 0.29) is 12.7 Å². The van der Waals surface area contributed by atoms with Crippen LogP contribution in [-0.2, 0) is 0 Å². The van der Waals surface area contributed by atoms with Crippen molar-refractivity contribution in [2.45, 2.75) is 0 Å². The molecule has 1 aliphatic heterocycles. The molecule has 1 amide bonds. The van der Waals surface area contributed by atoms with Crippen LogP contribution in [0.4, 0.5) is 5.69 Å². The molecular formula is C14H8BrCl2NO3. The minimum atomic E-state index is -0.359. The van der Waals surface area contributed by atoms with Crippen molar-refractivity contribution in [1.29, 1.82) is 0 Å². The fourth-order valence-corrected chi connectivity index (χ4v) is 2.66. The molecule has 0 unspecified atom stereocenters. The lowest BCUT2D eigenvalue weighted by Crippen LogP contribution is -2.13. The molecule has 0 fully saturated rings. The standard InChI is InChI=1S/C14H8BrCl2NO3/c15-8-3-1-2-7(13(8)17)14(19)18-10-5-12-11(4-9(10)16)20-6-21-12/h1-5H,6H2,(H,18,19). The van der Waals surface area contributed by atoms with E-state index in [0.717, 1.165) is 0 Å². The second-order valence-corrected chi connectivity index (χ2v) is 5.88. The maximum Gasteiger partial charge on any atom is 0.257 e. The minimum absolute atomic E-state index is 0.139. The number of anilines is 1. The van der Waals surface area contributed by atoms with Gasteiger partial charge in [0.25, 0.3) is 5.91 Å². The van der Waals surface area contributed by atoms with Gasteiger partial charge in [-0.15, -0.1) is 0 Å². The maximum atomic E-state index is 12.3. The minimum Gasteiger partial charge on any atom is -0.454 e. The van der Waals surface area contributed by atoms with E-state index in [2.05, 4.69) is 21.2 Å². The zero-order chi connectivity index (χ0) is 15.0. The lowest BCUT2D eigenvalue weighted by molar-refractivity contribution is 0.102. The van der Waals surface area contributed by atoms with Crippen LogP contribution in [0.1, 0.15) is 10.4 Å². The van der Waals surface area contributed by atoms with Crippen LogP contribution in [-0.4, -0.2) is 12.7 Å². The molecule has 1 heterocycles. The van der Waals surface area contributed by atoms with Gasteiger partial charge >= 0.3 is 0 Å². The molecule has 0 aromatic heterocycles. The molecule has 0 radical (unpaired) electrons. The van der Waals surface area contributed by atoms with Gasteiger partial charge in [-0.1, -0.05) is 29.3 Å². The van der Waals surface area contributed by atoms with Gasteiger partial charge in [-0.05, 0) is 28.1 Å². The second-order valence-electron chi connectivity index (χ2n) is 4.24. The maximum absolute atomic E-state index is 12.3. The van der Waals surface area contributed by atoms with Crippen LogP contribution >= 0.6 is 39.1 Å². The highest BCUT2D eigenvalue weighted by atomic mass is 79.9. The lowest BCUT2D eigenvalue weighted by atomic mass is 10.2. The number of hydrogen-bond acceptors (Lipinski definition) is 3. The monoisotopic (exact) mass is 387 g/mol. The third-order valence-electron chi connectivity index (χ3n) is 2.91. The first-order valence-electron chi connectivity index (χ1n) is 5.91. The number of benzene rings is 2. The van der Waals surface area contributed by atoms with Gasteiger partial charge < -0.3 is 14.8 Å². The van der Waals surface area contributed by atoms with Gasteiger partial charge in [0.2, 0.25) is 6.79 Å². The molecule has 3 rings (SSSR count). The Kier molecular flexibility index (Phi) is 3.97. The fraction of sp³-hybridized carbons (Fsp3) is 0.0714. The predicted octanol–water partition coefficient (Wildman–Crippen LogP) is 4.74. The van der Waals surface area contributed by atoms with Crippen LogP contribution in [0.15, 0.2) is 34.8 Å². The molecule has 7 heteroatoms. The highest BCUT2D eigenvalue weighted by Gasteiger charge is 2.19. The SMILES string of the molecule is O=C(Nc1cc2c(cc1Cl)OCO2)c1cccc(Br)c1Cl. The highest BCUT2D eigenvalue weighted by Crippen LogP contribution is 2.39. The number of hydrogen-bond donors (Lipinski definition) is 1. The van der Waals surface area contributed by atoms with Crippen molar-refractivity contribution >= 4 is 50.7 Å².